The Morgan fingerprint density at radius 2 is 1.93 bits per heavy atom. The molecule has 1 atom stereocenters. The summed E-state index contributed by atoms with van der Waals surface area (Å²) < 4.78 is 5.38. The summed E-state index contributed by atoms with van der Waals surface area (Å²) in [5.74, 6) is 0.929. The molecule has 29 heavy (non-hydrogen) atoms. The highest BCUT2D eigenvalue weighted by Crippen LogP contribution is 2.39. The van der Waals surface area contributed by atoms with Crippen molar-refractivity contribution in [3.05, 3.63) is 87.8 Å². The van der Waals surface area contributed by atoms with E-state index in [1.165, 1.54) is 0 Å². The van der Waals surface area contributed by atoms with E-state index < -0.39 is 0 Å². The molecule has 0 aliphatic carbocycles. The fraction of sp³-hybridized carbons (Fsp3) is 0.143. The molecule has 0 radical (unpaired) electrons. The molecule has 1 aliphatic rings. The van der Waals surface area contributed by atoms with E-state index in [-0.39, 0.29) is 17.2 Å². The van der Waals surface area contributed by atoms with Crippen LogP contribution >= 0.6 is 35.0 Å². The maximum Gasteiger partial charge on any atom is 0.255 e. The molecule has 0 spiro atoms. The van der Waals surface area contributed by atoms with Crippen LogP contribution in [-0.4, -0.2) is 22.5 Å². The van der Waals surface area contributed by atoms with Crippen molar-refractivity contribution in [1.82, 2.24) is 4.90 Å². The van der Waals surface area contributed by atoms with Gasteiger partial charge in [0, 0.05) is 5.56 Å². The van der Waals surface area contributed by atoms with Crippen LogP contribution in [0, 0.1) is 0 Å². The first-order chi connectivity index (χ1) is 14.0. The van der Waals surface area contributed by atoms with Crippen LogP contribution in [0.25, 0.3) is 0 Å². The largest absolute Gasteiger partial charge is 0.467 e. The lowest BCUT2D eigenvalue weighted by molar-refractivity contribution is -0.128. The van der Waals surface area contributed by atoms with Crippen LogP contribution in [0.1, 0.15) is 27.1 Å². The molecule has 2 heterocycles. The molecule has 0 unspecified atom stereocenters. The first kappa shape index (κ1) is 19.9. The highest BCUT2D eigenvalue weighted by molar-refractivity contribution is 8.00. The third-order valence-corrected chi connectivity index (χ3v) is 6.61. The van der Waals surface area contributed by atoms with E-state index in [0.717, 1.165) is 11.3 Å². The number of halogens is 2. The van der Waals surface area contributed by atoms with Gasteiger partial charge in [-0.05, 0) is 42.0 Å². The maximum absolute atomic E-state index is 12.5. The van der Waals surface area contributed by atoms with E-state index in [1.807, 2.05) is 18.2 Å². The van der Waals surface area contributed by atoms with Gasteiger partial charge < -0.3 is 14.6 Å². The second-order valence-electron chi connectivity index (χ2n) is 6.44. The standard InChI is InChI=1S/C21H16Cl2N2O3S/c22-16-4-1-5-17(19(16)23)24-20(27)13-6-8-14(9-7-13)21-25(18(26)12-29-21)11-15-3-2-10-28-15/h1-10,21H,11-12H2,(H,24,27)/t21-/m0/s1. The summed E-state index contributed by atoms with van der Waals surface area (Å²) in [6.45, 7) is 0.416. The van der Waals surface area contributed by atoms with E-state index in [4.69, 9.17) is 27.6 Å². The summed E-state index contributed by atoms with van der Waals surface area (Å²) in [6.07, 6.45) is 1.59. The zero-order valence-electron chi connectivity index (χ0n) is 15.1. The van der Waals surface area contributed by atoms with Gasteiger partial charge in [0.25, 0.3) is 5.91 Å². The minimum absolute atomic E-state index is 0.0637. The molecule has 1 aliphatic heterocycles. The number of hydrogen-bond donors (Lipinski definition) is 1. The average molecular weight is 447 g/mol. The summed E-state index contributed by atoms with van der Waals surface area (Å²) in [5, 5.41) is 3.32. The Balaban J connectivity index is 1.49. The molecule has 2 amide bonds. The number of nitrogens with one attached hydrogen (secondary N) is 1. The fourth-order valence-corrected chi connectivity index (χ4v) is 4.60. The highest BCUT2D eigenvalue weighted by atomic mass is 35.5. The number of amides is 2. The molecule has 8 heteroatoms. The zero-order chi connectivity index (χ0) is 20.4. The molecule has 4 rings (SSSR count). The second-order valence-corrected chi connectivity index (χ2v) is 8.30. The molecule has 1 aromatic heterocycles. The van der Waals surface area contributed by atoms with Gasteiger partial charge in [-0.1, -0.05) is 41.4 Å². The molecule has 1 saturated heterocycles. The lowest BCUT2D eigenvalue weighted by Gasteiger charge is -2.23. The van der Waals surface area contributed by atoms with Gasteiger partial charge in [-0.15, -0.1) is 11.8 Å². The minimum atomic E-state index is -0.289. The number of hydrogen-bond acceptors (Lipinski definition) is 4. The van der Waals surface area contributed by atoms with Crippen LogP contribution in [0.4, 0.5) is 5.69 Å². The van der Waals surface area contributed by atoms with E-state index in [1.54, 1.807) is 59.3 Å². The predicted molar refractivity (Wildman–Crippen MR) is 115 cm³/mol. The van der Waals surface area contributed by atoms with Crippen molar-refractivity contribution in [3.8, 4) is 0 Å². The van der Waals surface area contributed by atoms with Crippen LogP contribution < -0.4 is 5.32 Å². The predicted octanol–water partition coefficient (Wildman–Crippen LogP) is 5.61. The van der Waals surface area contributed by atoms with Crippen LogP contribution in [0.5, 0.6) is 0 Å². The molecule has 0 bridgehead atoms. The smallest absolute Gasteiger partial charge is 0.255 e. The van der Waals surface area contributed by atoms with Gasteiger partial charge in [0.05, 0.1) is 34.3 Å². The number of anilines is 1. The first-order valence-corrected chi connectivity index (χ1v) is 10.6. The van der Waals surface area contributed by atoms with E-state index in [0.29, 0.717) is 33.6 Å². The number of carbonyl (C=O) groups is 2. The van der Waals surface area contributed by atoms with Gasteiger partial charge in [0.2, 0.25) is 5.91 Å². The Hall–Kier alpha value is -2.41. The summed E-state index contributed by atoms with van der Waals surface area (Å²) in [4.78, 5) is 26.6. The lowest BCUT2D eigenvalue weighted by atomic mass is 10.1. The van der Waals surface area contributed by atoms with Gasteiger partial charge in [0.15, 0.2) is 0 Å². The Kier molecular flexibility index (Phi) is 5.85. The van der Waals surface area contributed by atoms with Gasteiger partial charge >= 0.3 is 0 Å². The molecule has 2 aromatic carbocycles. The maximum atomic E-state index is 12.5. The van der Waals surface area contributed by atoms with E-state index >= 15 is 0 Å². The molecule has 1 N–H and O–H groups in total. The number of thioether (sulfide) groups is 1. The molecule has 3 aromatic rings. The molecule has 1 fully saturated rings. The molecular weight excluding hydrogens is 431 g/mol. The Morgan fingerprint density at radius 3 is 2.66 bits per heavy atom. The summed E-state index contributed by atoms with van der Waals surface area (Å²) in [6, 6.07) is 15.9. The van der Waals surface area contributed by atoms with Crippen molar-refractivity contribution in [2.45, 2.75) is 11.9 Å². The molecule has 0 saturated carbocycles. The summed E-state index contributed by atoms with van der Waals surface area (Å²) >= 11 is 13.7. The van der Waals surface area contributed by atoms with Crippen LogP contribution in [0.3, 0.4) is 0 Å². The normalized spacial score (nSPS) is 16.3. The van der Waals surface area contributed by atoms with Crippen molar-refractivity contribution < 1.29 is 14.0 Å². The van der Waals surface area contributed by atoms with Gasteiger partial charge in [-0.2, -0.15) is 0 Å². The first-order valence-electron chi connectivity index (χ1n) is 8.81. The number of furan rings is 1. The van der Waals surface area contributed by atoms with Crippen molar-refractivity contribution in [3.63, 3.8) is 0 Å². The van der Waals surface area contributed by atoms with Crippen molar-refractivity contribution in [1.29, 1.82) is 0 Å². The second kappa shape index (κ2) is 8.53. The Labute approximate surface area is 182 Å². The summed E-state index contributed by atoms with van der Waals surface area (Å²) in [5.41, 5.74) is 1.89. The molecular formula is C21H16Cl2N2O3S. The van der Waals surface area contributed by atoms with Crippen molar-refractivity contribution in [2.75, 3.05) is 11.1 Å². The Morgan fingerprint density at radius 1 is 1.14 bits per heavy atom. The minimum Gasteiger partial charge on any atom is -0.467 e. The SMILES string of the molecule is O=C(Nc1cccc(Cl)c1Cl)c1ccc([C@@H]2SCC(=O)N2Cc2ccco2)cc1. The van der Waals surface area contributed by atoms with Crippen molar-refractivity contribution >= 4 is 52.5 Å². The van der Waals surface area contributed by atoms with Gasteiger partial charge in [-0.25, -0.2) is 0 Å². The quantitative estimate of drug-likeness (QED) is 0.552. The Bertz CT molecular complexity index is 1040. The average Bonchev–Trinajstić information content (AvgIpc) is 3.36. The number of benzene rings is 2. The number of rotatable bonds is 5. The van der Waals surface area contributed by atoms with Crippen LogP contribution in [0.15, 0.2) is 65.3 Å². The highest BCUT2D eigenvalue weighted by Gasteiger charge is 2.33. The van der Waals surface area contributed by atoms with Crippen molar-refractivity contribution in [2.24, 2.45) is 0 Å². The van der Waals surface area contributed by atoms with Crippen LogP contribution in [0.2, 0.25) is 10.0 Å². The monoisotopic (exact) mass is 446 g/mol. The lowest BCUT2D eigenvalue weighted by Crippen LogP contribution is -2.27. The molecule has 5 nitrogen and oxygen atoms in total. The van der Waals surface area contributed by atoms with Gasteiger partial charge in [0.1, 0.15) is 11.1 Å². The zero-order valence-corrected chi connectivity index (χ0v) is 17.4. The molecule has 148 valence electrons. The third kappa shape index (κ3) is 4.29. The summed E-state index contributed by atoms with van der Waals surface area (Å²) in [7, 11) is 0. The third-order valence-electron chi connectivity index (χ3n) is 4.53. The van der Waals surface area contributed by atoms with E-state index in [9.17, 15) is 9.59 Å². The van der Waals surface area contributed by atoms with Gasteiger partial charge in [-0.3, -0.25) is 9.59 Å². The fourth-order valence-electron chi connectivity index (χ4n) is 3.07. The van der Waals surface area contributed by atoms with Crippen LogP contribution in [-0.2, 0) is 11.3 Å². The number of nitrogens with zero attached hydrogens (tertiary/aromatic N) is 1. The topological polar surface area (TPSA) is 62.6 Å². The van der Waals surface area contributed by atoms with E-state index in [2.05, 4.69) is 5.32 Å². The number of carbonyl (C=O) groups excluding carboxylic acids is 2.